The number of hydrogen-bond acceptors (Lipinski definition) is 13. The fourth-order valence-corrected chi connectivity index (χ4v) is 15.7. The van der Waals surface area contributed by atoms with Crippen molar-refractivity contribution in [1.82, 2.24) is 29.7 Å². The van der Waals surface area contributed by atoms with E-state index in [4.69, 9.17) is 84.8 Å². The van der Waals surface area contributed by atoms with Crippen molar-refractivity contribution in [2.45, 2.75) is 91.6 Å². The van der Waals surface area contributed by atoms with Crippen LogP contribution in [0.1, 0.15) is 66.0 Å². The van der Waals surface area contributed by atoms with Crippen molar-refractivity contribution in [2.24, 2.45) is 11.8 Å². The molecule has 0 saturated carbocycles. The highest BCUT2D eigenvalue weighted by molar-refractivity contribution is 9.52. The molecule has 7 aromatic carbocycles. The molecule has 2 aromatic heterocycles. The first-order chi connectivity index (χ1) is 46.5. The van der Waals surface area contributed by atoms with Crippen LogP contribution in [0.2, 0.25) is 20.1 Å². The molecule has 2 saturated heterocycles. The predicted octanol–water partition coefficient (Wildman–Crippen LogP) is 20.0. The molecule has 2 aliphatic heterocycles. The summed E-state index contributed by atoms with van der Waals surface area (Å²) >= 11 is 42.4. The van der Waals surface area contributed by atoms with Gasteiger partial charge in [-0.1, -0.05) is 165 Å². The van der Waals surface area contributed by atoms with Gasteiger partial charge in [-0.25, -0.2) is 29.5 Å². The van der Waals surface area contributed by atoms with E-state index in [1.54, 1.807) is 37.4 Å². The Morgan fingerprint density at radius 3 is 1.12 bits per heavy atom. The third-order valence-electron chi connectivity index (χ3n) is 15.6. The van der Waals surface area contributed by atoms with Gasteiger partial charge in [-0.05, 0) is 189 Å². The molecule has 1 N–H and O–H groups in total. The maximum Gasteiger partial charge on any atom is 0.410 e. The van der Waals surface area contributed by atoms with Crippen LogP contribution >= 0.6 is 188 Å². The van der Waals surface area contributed by atoms with Crippen LogP contribution < -0.4 is 34.9 Å². The first-order valence-corrected chi connectivity index (χ1v) is 38.3. The number of amides is 2. The number of fused-ring (bicyclic) bond motifs is 2. The fraction of sp³-hybridized carbons (Fsp3) is 0.342. The summed E-state index contributed by atoms with van der Waals surface area (Å²) in [5.74, 6) is 3.64. The van der Waals surface area contributed by atoms with Crippen LogP contribution in [0.15, 0.2) is 152 Å². The SMILES string of the molecule is BrC(Br)(Br)Br.COc1cc(OC)c(Cl)c(-c2ccc3nc(C[C@H]4C[C@@H](CBr)N(C(=O)OC(C)(C)C)C4)ncc3c2)c1Cl.COc1cc(OC)c(Cl)c(-c2ccc3nc(C[C@H]4C[C@@H](CO)N(C(=O)OC(C)(C)C)C4)ncc3c2)c1Cl.S.S.S.S.c1ccc(P(c2ccccc2)c2ccccc2)cc1. The average Bonchev–Trinajstić information content (AvgIpc) is 1.30. The van der Waals surface area contributed by atoms with E-state index < -0.39 is 25.2 Å². The van der Waals surface area contributed by atoms with Crippen molar-refractivity contribution >= 4 is 238 Å². The zero-order chi connectivity index (χ0) is 71.2. The lowest BCUT2D eigenvalue weighted by Crippen LogP contribution is -2.41. The second kappa shape index (κ2) is 41.6. The van der Waals surface area contributed by atoms with Crippen LogP contribution in [0, 0.1) is 11.8 Å². The van der Waals surface area contributed by atoms with Gasteiger partial charge in [0.15, 0.2) is 1.05 Å². The summed E-state index contributed by atoms with van der Waals surface area (Å²) in [6, 6.07) is 47.0. The van der Waals surface area contributed by atoms with Crippen molar-refractivity contribution in [3.05, 3.63) is 184 Å². The lowest BCUT2D eigenvalue weighted by Gasteiger charge is -2.27. The minimum Gasteiger partial charge on any atom is -0.495 e. The quantitative estimate of drug-likeness (QED) is 0.0761. The Morgan fingerprint density at radius 1 is 0.510 bits per heavy atom. The van der Waals surface area contributed by atoms with E-state index in [9.17, 15) is 14.7 Å². The Labute approximate surface area is 689 Å². The number of halogens is 9. The van der Waals surface area contributed by atoms with Crippen molar-refractivity contribution in [1.29, 1.82) is 0 Å². The Bertz CT molecular complexity index is 3850. The summed E-state index contributed by atoms with van der Waals surface area (Å²) < 4.78 is 32.5. The minimum atomic E-state index is -0.597. The molecule has 102 heavy (non-hydrogen) atoms. The molecule has 15 nitrogen and oxygen atoms in total. The second-order valence-corrected chi connectivity index (χ2v) is 40.5. The van der Waals surface area contributed by atoms with Crippen LogP contribution in [-0.2, 0) is 22.3 Å². The van der Waals surface area contributed by atoms with E-state index >= 15 is 0 Å². The highest BCUT2D eigenvalue weighted by atomic mass is 80.0. The average molecular weight is 1890 g/mol. The summed E-state index contributed by atoms with van der Waals surface area (Å²) in [5, 5.41) is 18.0. The third kappa shape index (κ3) is 25.2. The number of alkyl halides is 5. The monoisotopic (exact) mass is 1880 g/mol. The third-order valence-corrected chi connectivity index (χ3v) is 20.3. The smallest absolute Gasteiger partial charge is 0.410 e. The summed E-state index contributed by atoms with van der Waals surface area (Å²) in [4.78, 5) is 47.5. The van der Waals surface area contributed by atoms with E-state index in [-0.39, 0.29) is 91.7 Å². The standard InChI is InChI=1S/C27H30BrCl2N3O4.C27H31Cl2N3O5.C18H15P.CBr4.4H2S/c1-27(2,3)37-26(34)33-14-15(8-18(33)12-28)9-22-31-13-17-10-16(6-7-19(17)32-22)23-24(29)20(35-4)11-21(36-5)25(23)30;1-27(2,3)37-26(34)32-13-15(8-18(32)14-33)9-22-30-12-17-10-16(6-7-19(17)31-22)23-24(28)20(35-4)11-21(36-5)25(23)29;1-4-10-16(11-5-1)19(17-12-6-2-7-13-17)18-14-8-3-9-15-18;2-1(3,4)5;;;;/h6-7,10-11,13,15,18H,8-9,12,14H2,1-5H3;6-7,10-12,15,18,33H,8-9,13-14H2,1-5H3;1-15H;;4*1H2/t2*15-,18+;;;;;;/m11....../s1. The van der Waals surface area contributed by atoms with Gasteiger partial charge in [0.05, 0.1) is 72.2 Å². The van der Waals surface area contributed by atoms with Gasteiger partial charge < -0.3 is 43.3 Å². The maximum absolute atomic E-state index is 12.7. The fourth-order valence-electron chi connectivity index (χ4n) is 11.4. The molecular formula is C73H84Br5Cl4N6O9PS4. The molecule has 11 rings (SSSR count). The molecule has 2 aliphatic rings. The summed E-state index contributed by atoms with van der Waals surface area (Å²) in [7, 11) is 5.72. The summed E-state index contributed by atoms with van der Waals surface area (Å²) in [6.45, 7) is 12.1. The van der Waals surface area contributed by atoms with Gasteiger partial charge in [-0.3, -0.25) is 0 Å². The van der Waals surface area contributed by atoms with Crippen LogP contribution in [-0.4, -0.2) is 125 Å². The van der Waals surface area contributed by atoms with Gasteiger partial charge in [-0.15, -0.1) is 0 Å². The molecule has 2 amide bonds. The number of aliphatic hydroxyl groups is 1. The summed E-state index contributed by atoms with van der Waals surface area (Å²) in [5.41, 5.74) is 3.28. The molecule has 0 aliphatic carbocycles. The Hall–Kier alpha value is -3.69. The zero-order valence-corrected chi connectivity index (χ0v) is 73.5. The highest BCUT2D eigenvalue weighted by Gasteiger charge is 2.39. The summed E-state index contributed by atoms with van der Waals surface area (Å²) in [6.07, 6.45) is 5.66. The van der Waals surface area contributed by atoms with E-state index in [1.807, 2.05) is 89.0 Å². The lowest BCUT2D eigenvalue weighted by atomic mass is 10.0. The van der Waals surface area contributed by atoms with E-state index in [1.165, 1.54) is 30.1 Å². The highest BCUT2D eigenvalue weighted by Crippen LogP contribution is 2.48. The number of aliphatic hydroxyl groups excluding tert-OH is 1. The largest absolute Gasteiger partial charge is 0.495 e. The number of carbonyl (C=O) groups is 2. The number of aromatic nitrogens is 4. The van der Waals surface area contributed by atoms with Gasteiger partial charge in [0.25, 0.3) is 0 Å². The van der Waals surface area contributed by atoms with Crippen molar-refractivity contribution in [3.63, 3.8) is 0 Å². The zero-order valence-electron chi connectivity index (χ0n) is 57.6. The van der Waals surface area contributed by atoms with Gasteiger partial charge in [0, 0.05) is 83.7 Å². The number of nitrogens with zero attached hydrogens (tertiary/aromatic N) is 6. The minimum absolute atomic E-state index is 0. The van der Waals surface area contributed by atoms with Crippen LogP contribution in [0.25, 0.3) is 44.1 Å². The molecule has 552 valence electrons. The van der Waals surface area contributed by atoms with Gasteiger partial charge in [0.1, 0.15) is 45.8 Å². The normalized spacial score (nSPS) is 15.5. The molecule has 2 fully saturated rings. The number of carbonyl (C=O) groups excluding carboxylic acids is 2. The first kappa shape index (κ1) is 90.7. The van der Waals surface area contributed by atoms with E-state index in [0.717, 1.165) is 45.2 Å². The Balaban J connectivity index is 0.000000320. The number of methoxy groups -OCH3 is 4. The Morgan fingerprint density at radius 2 is 0.824 bits per heavy atom. The van der Waals surface area contributed by atoms with Crippen LogP contribution in [0.5, 0.6) is 23.0 Å². The number of rotatable bonds is 15. The van der Waals surface area contributed by atoms with E-state index in [0.29, 0.717) is 97.7 Å². The predicted molar refractivity (Wildman–Crippen MR) is 459 cm³/mol. The lowest BCUT2D eigenvalue weighted by molar-refractivity contribution is 0.0170. The molecular weight excluding hydrogens is 1810 g/mol. The molecule has 0 radical (unpaired) electrons. The molecule has 4 atom stereocenters. The number of hydrogen-bond donors (Lipinski definition) is 1. The molecule has 4 heterocycles. The Kier molecular flexibility index (Phi) is 37.0. The van der Waals surface area contributed by atoms with Gasteiger partial charge in [0.2, 0.25) is 0 Å². The van der Waals surface area contributed by atoms with Crippen molar-refractivity contribution in [3.8, 4) is 45.3 Å². The molecule has 0 bridgehead atoms. The molecule has 0 unspecified atom stereocenters. The second-order valence-electron chi connectivity index (χ2n) is 25.0. The van der Waals surface area contributed by atoms with Crippen LogP contribution in [0.4, 0.5) is 9.59 Å². The first-order valence-electron chi connectivity index (χ1n) is 31.1. The van der Waals surface area contributed by atoms with Crippen molar-refractivity contribution in [2.75, 3.05) is 53.5 Å². The number of likely N-dealkylation sites (tertiary alicyclic amines) is 2. The van der Waals surface area contributed by atoms with E-state index in [2.05, 4.69) is 181 Å². The van der Waals surface area contributed by atoms with Gasteiger partial charge in [-0.2, -0.15) is 54.0 Å². The topological polar surface area (TPSA) is 168 Å². The maximum atomic E-state index is 12.7. The van der Waals surface area contributed by atoms with Crippen LogP contribution in [0.3, 0.4) is 0 Å². The number of ether oxygens (including phenoxy) is 6. The van der Waals surface area contributed by atoms with Gasteiger partial charge >= 0.3 is 12.2 Å². The molecule has 0 spiro atoms. The molecule has 29 heteroatoms. The number of benzene rings is 7. The van der Waals surface area contributed by atoms with Crippen molar-refractivity contribution < 1.29 is 43.1 Å². The molecule has 9 aromatic rings.